The Hall–Kier alpha value is -5.24. The number of methoxy groups -OCH3 is 1. The zero-order chi connectivity index (χ0) is 41.2. The SMILES string of the molecule is COCOc1cc(OCCCN(C(=O)OC(C)(C)C)c2ccccn2)cc2c1C(=O)O[C@@H](C)[C@H](C)/C=C\C(OC(=O)c1ccccc1)C1OC(C)(C)OC1CC=C2. The van der Waals surface area contributed by atoms with E-state index in [1.54, 1.807) is 101 Å². The summed E-state index contributed by atoms with van der Waals surface area (Å²) in [6.45, 7) is 13.1. The molecule has 0 N–H and O–H groups in total. The van der Waals surface area contributed by atoms with E-state index in [0.717, 1.165) is 0 Å². The quantitative estimate of drug-likeness (QED) is 0.0609. The van der Waals surface area contributed by atoms with Crippen molar-refractivity contribution in [3.63, 3.8) is 0 Å². The lowest BCUT2D eigenvalue weighted by molar-refractivity contribution is -0.152. The van der Waals surface area contributed by atoms with Crippen LogP contribution in [0.1, 0.15) is 87.6 Å². The van der Waals surface area contributed by atoms with Crippen LogP contribution < -0.4 is 14.4 Å². The van der Waals surface area contributed by atoms with Crippen molar-refractivity contribution in [3.8, 4) is 11.5 Å². The van der Waals surface area contributed by atoms with Gasteiger partial charge < -0.3 is 37.9 Å². The van der Waals surface area contributed by atoms with Crippen molar-refractivity contribution in [2.45, 2.75) is 97.1 Å². The molecule has 1 amide bonds. The van der Waals surface area contributed by atoms with E-state index in [-0.39, 0.29) is 37.2 Å². The lowest BCUT2D eigenvalue weighted by Crippen LogP contribution is -2.38. The molecular formula is C44H54N2O11. The third-order valence-corrected chi connectivity index (χ3v) is 9.08. The molecule has 13 nitrogen and oxygen atoms in total. The number of carbonyl (C=O) groups excluding carboxylic acids is 3. The van der Waals surface area contributed by atoms with E-state index < -0.39 is 53.8 Å². The highest BCUT2D eigenvalue weighted by molar-refractivity contribution is 5.97. The summed E-state index contributed by atoms with van der Waals surface area (Å²) < 4.78 is 47.8. The maximum absolute atomic E-state index is 14.0. The second-order valence-corrected chi connectivity index (χ2v) is 15.3. The van der Waals surface area contributed by atoms with Gasteiger partial charge in [-0.05, 0) is 96.4 Å². The Bertz CT molecular complexity index is 1870. The van der Waals surface area contributed by atoms with Crippen molar-refractivity contribution in [1.82, 2.24) is 4.98 Å². The summed E-state index contributed by atoms with van der Waals surface area (Å²) in [6.07, 6.45) is 6.57. The van der Waals surface area contributed by atoms with Gasteiger partial charge in [-0.15, -0.1) is 0 Å². The molecule has 0 saturated carbocycles. The van der Waals surface area contributed by atoms with Crippen LogP contribution in [-0.2, 0) is 28.4 Å². The van der Waals surface area contributed by atoms with Crippen LogP contribution in [0.2, 0.25) is 0 Å². The van der Waals surface area contributed by atoms with Crippen LogP contribution in [0, 0.1) is 5.92 Å². The number of benzene rings is 2. The molecule has 5 rings (SSSR count). The fourth-order valence-electron chi connectivity index (χ4n) is 6.23. The zero-order valence-corrected chi connectivity index (χ0v) is 34.0. The fourth-order valence-corrected chi connectivity index (χ4v) is 6.23. The van der Waals surface area contributed by atoms with Gasteiger partial charge in [-0.3, -0.25) is 4.90 Å². The number of nitrogens with zero attached hydrogens (tertiary/aromatic N) is 2. The topological polar surface area (TPSA) is 141 Å². The molecule has 2 aliphatic heterocycles. The van der Waals surface area contributed by atoms with Gasteiger partial charge in [0.05, 0.1) is 18.3 Å². The first-order valence-electron chi connectivity index (χ1n) is 19.2. The van der Waals surface area contributed by atoms with Gasteiger partial charge in [0.15, 0.2) is 12.6 Å². The number of aromatic nitrogens is 1. The average molecular weight is 787 g/mol. The minimum absolute atomic E-state index is 0.135. The lowest BCUT2D eigenvalue weighted by atomic mass is 9.98. The van der Waals surface area contributed by atoms with Gasteiger partial charge in [-0.25, -0.2) is 19.4 Å². The molecule has 2 aromatic carbocycles. The summed E-state index contributed by atoms with van der Waals surface area (Å²) >= 11 is 0. The van der Waals surface area contributed by atoms with Gasteiger partial charge in [0.25, 0.3) is 0 Å². The van der Waals surface area contributed by atoms with Crippen LogP contribution >= 0.6 is 0 Å². The van der Waals surface area contributed by atoms with Crippen LogP contribution in [0.4, 0.5) is 10.6 Å². The van der Waals surface area contributed by atoms with Crippen LogP contribution in [0.3, 0.4) is 0 Å². The number of amides is 1. The van der Waals surface area contributed by atoms with Crippen LogP contribution in [0.25, 0.3) is 6.08 Å². The number of rotatable bonds is 11. The van der Waals surface area contributed by atoms with E-state index in [4.69, 9.17) is 37.9 Å². The van der Waals surface area contributed by atoms with Gasteiger partial charge in [-0.2, -0.15) is 0 Å². The first kappa shape index (κ1) is 42.9. The average Bonchev–Trinajstić information content (AvgIpc) is 3.48. The van der Waals surface area contributed by atoms with E-state index in [1.807, 2.05) is 39.0 Å². The summed E-state index contributed by atoms with van der Waals surface area (Å²) in [5, 5.41) is 0. The normalized spacial score (nSPS) is 22.5. The molecule has 0 bridgehead atoms. The van der Waals surface area contributed by atoms with Crippen molar-refractivity contribution < 1.29 is 52.3 Å². The molecule has 0 radical (unpaired) electrons. The predicted octanol–water partition coefficient (Wildman–Crippen LogP) is 8.18. The Morgan fingerprint density at radius 3 is 2.44 bits per heavy atom. The summed E-state index contributed by atoms with van der Waals surface area (Å²) in [7, 11) is 1.48. The maximum Gasteiger partial charge on any atom is 0.416 e. The van der Waals surface area contributed by atoms with E-state index in [0.29, 0.717) is 35.5 Å². The molecule has 3 unspecified atom stereocenters. The van der Waals surface area contributed by atoms with Crippen LogP contribution in [-0.4, -0.2) is 85.9 Å². The van der Waals surface area contributed by atoms with Gasteiger partial charge in [-0.1, -0.05) is 49.4 Å². The van der Waals surface area contributed by atoms with E-state index in [9.17, 15) is 14.4 Å². The number of carbonyl (C=O) groups is 3. The molecular weight excluding hydrogens is 732 g/mol. The lowest BCUT2D eigenvalue weighted by Gasteiger charge is -2.26. The highest BCUT2D eigenvalue weighted by Gasteiger charge is 2.45. The Kier molecular flexibility index (Phi) is 14.5. The first-order chi connectivity index (χ1) is 27.1. The predicted molar refractivity (Wildman–Crippen MR) is 213 cm³/mol. The standard InChI is InChI=1S/C44H54N2O11/c1-29-21-22-34(54-40(47)31-16-10-9-11-17-31)39-35(55-44(6,7)56-39)19-14-18-32-26-33(27-36(52-28-50-8)38(32)41(48)53-30(29)2)51-25-15-24-46(37-20-12-13-23-45-37)42(49)57-43(3,4)5/h9-14,16-18,20-23,26-27,29-30,34-35,39H,15,19,24-25,28H2,1-8H3/b18-14?,22-21-/t29-,30+,34?,35?,39?/m1/s1. The molecule has 13 heteroatoms. The molecule has 1 saturated heterocycles. The molecule has 3 aromatic rings. The minimum atomic E-state index is -0.962. The van der Waals surface area contributed by atoms with Crippen molar-refractivity contribution in [1.29, 1.82) is 0 Å². The maximum atomic E-state index is 14.0. The minimum Gasteiger partial charge on any atom is -0.493 e. The third-order valence-electron chi connectivity index (χ3n) is 9.08. The Balaban J connectivity index is 1.43. The highest BCUT2D eigenvalue weighted by Crippen LogP contribution is 2.36. The second kappa shape index (κ2) is 19.3. The molecule has 57 heavy (non-hydrogen) atoms. The van der Waals surface area contributed by atoms with E-state index in [1.165, 1.54) is 12.0 Å². The number of esters is 2. The number of fused-ring (bicyclic) bond motifs is 2. The van der Waals surface area contributed by atoms with Gasteiger partial charge >= 0.3 is 18.0 Å². The van der Waals surface area contributed by atoms with Crippen LogP contribution in [0.5, 0.6) is 11.5 Å². The Morgan fingerprint density at radius 2 is 1.74 bits per heavy atom. The summed E-state index contributed by atoms with van der Waals surface area (Å²) in [5.74, 6) is -1.28. The van der Waals surface area contributed by atoms with Crippen molar-refractivity contribution in [2.24, 2.45) is 5.92 Å². The highest BCUT2D eigenvalue weighted by atomic mass is 16.8. The summed E-state index contributed by atoms with van der Waals surface area (Å²) in [5.41, 5.74) is 0.379. The molecule has 1 aromatic heterocycles. The molecule has 1 fully saturated rings. The van der Waals surface area contributed by atoms with Gasteiger partial charge in [0, 0.05) is 31.8 Å². The van der Waals surface area contributed by atoms with Crippen molar-refractivity contribution in [2.75, 3.05) is 32.0 Å². The smallest absolute Gasteiger partial charge is 0.416 e. The molecule has 5 atom stereocenters. The molecule has 0 spiro atoms. The van der Waals surface area contributed by atoms with Crippen molar-refractivity contribution >= 4 is 29.9 Å². The monoisotopic (exact) mass is 786 g/mol. The van der Waals surface area contributed by atoms with Crippen molar-refractivity contribution in [3.05, 3.63) is 102 Å². The number of hydrogen-bond acceptors (Lipinski definition) is 12. The summed E-state index contributed by atoms with van der Waals surface area (Å²) in [4.78, 5) is 46.2. The summed E-state index contributed by atoms with van der Waals surface area (Å²) in [6, 6.07) is 17.4. The molecule has 3 heterocycles. The fraction of sp³-hybridized carbons (Fsp3) is 0.455. The number of pyridine rings is 1. The number of ether oxygens (including phenoxy) is 8. The Labute approximate surface area is 334 Å². The van der Waals surface area contributed by atoms with Crippen LogP contribution in [0.15, 0.2) is 85.1 Å². The molecule has 2 aliphatic rings. The van der Waals surface area contributed by atoms with Gasteiger partial charge in [0.2, 0.25) is 0 Å². The second-order valence-electron chi connectivity index (χ2n) is 15.3. The van der Waals surface area contributed by atoms with E-state index >= 15 is 0 Å². The largest absolute Gasteiger partial charge is 0.493 e. The number of hydrogen-bond donors (Lipinski definition) is 0. The molecule has 306 valence electrons. The zero-order valence-electron chi connectivity index (χ0n) is 34.0. The van der Waals surface area contributed by atoms with E-state index in [2.05, 4.69) is 4.98 Å². The number of anilines is 1. The Morgan fingerprint density at radius 1 is 0.982 bits per heavy atom. The first-order valence-corrected chi connectivity index (χ1v) is 19.2. The molecule has 0 aliphatic carbocycles. The third kappa shape index (κ3) is 12.1. The van der Waals surface area contributed by atoms with Gasteiger partial charge in [0.1, 0.15) is 46.8 Å². The number of cyclic esters (lactones) is 1.